The van der Waals surface area contributed by atoms with Crippen molar-refractivity contribution in [2.75, 3.05) is 12.8 Å². The van der Waals surface area contributed by atoms with Gasteiger partial charge in [-0.3, -0.25) is 4.79 Å². The van der Waals surface area contributed by atoms with Gasteiger partial charge in [0.05, 0.1) is 18.6 Å². The fraction of sp³-hybridized carbons (Fsp3) is 0.269. The molecule has 0 radical (unpaired) electrons. The number of aliphatic hydroxyl groups is 1. The average Bonchev–Trinajstić information content (AvgIpc) is 2.78. The van der Waals surface area contributed by atoms with Crippen LogP contribution in [0.3, 0.4) is 0 Å². The molecule has 0 bridgehead atoms. The fourth-order valence-electron chi connectivity index (χ4n) is 3.61. The molecule has 0 aliphatic rings. The Morgan fingerprint density at radius 3 is 2.35 bits per heavy atom. The lowest BCUT2D eigenvalue weighted by Gasteiger charge is -2.25. The minimum atomic E-state index is -0.961. The van der Waals surface area contributed by atoms with E-state index in [1.165, 1.54) is 12.1 Å². The van der Waals surface area contributed by atoms with Crippen molar-refractivity contribution < 1.29 is 18.7 Å². The highest BCUT2D eigenvalue weighted by molar-refractivity contribution is 14.1. The number of amides is 1. The molecule has 0 heterocycles. The van der Waals surface area contributed by atoms with Crippen LogP contribution in [0.15, 0.2) is 71.6 Å². The van der Waals surface area contributed by atoms with Crippen LogP contribution < -0.4 is 10.6 Å². The molecule has 4 nitrogen and oxygen atoms in total. The first-order valence-electron chi connectivity index (χ1n) is 10.8. The van der Waals surface area contributed by atoms with E-state index in [0.29, 0.717) is 12.1 Å². The molecule has 0 aliphatic carbocycles. The van der Waals surface area contributed by atoms with E-state index in [0.717, 1.165) is 25.7 Å². The highest BCUT2D eigenvalue weighted by Gasteiger charge is 2.22. The van der Waals surface area contributed by atoms with E-state index < -0.39 is 23.8 Å². The van der Waals surface area contributed by atoms with E-state index in [9.17, 15) is 18.7 Å². The van der Waals surface area contributed by atoms with Crippen molar-refractivity contribution in [2.24, 2.45) is 0 Å². The molecule has 0 saturated carbocycles. The molecule has 1 amide bonds. The molecule has 2 unspecified atom stereocenters. The van der Waals surface area contributed by atoms with Crippen molar-refractivity contribution >= 4 is 40.3 Å². The van der Waals surface area contributed by atoms with Crippen molar-refractivity contribution in [3.05, 3.63) is 98.6 Å². The largest absolute Gasteiger partial charge is 0.390 e. The molecule has 0 aromatic heterocycles. The Bertz CT molecular complexity index is 1080. The molecule has 0 saturated heterocycles. The number of thioether (sulfide) groups is 1. The SMILES string of the molecule is CSc1ccc(CC(=O)NC(Cc2cc(F)cc(F)c2)C(O)CNCc2cccc(I)c2)cc1. The Hall–Kier alpha value is -2.01. The van der Waals surface area contributed by atoms with Gasteiger partial charge >= 0.3 is 0 Å². The number of hydrogen-bond donors (Lipinski definition) is 3. The maximum atomic E-state index is 13.7. The van der Waals surface area contributed by atoms with Crippen LogP contribution in [0.2, 0.25) is 0 Å². The van der Waals surface area contributed by atoms with E-state index in [-0.39, 0.29) is 25.3 Å². The Morgan fingerprint density at radius 2 is 1.71 bits per heavy atom. The van der Waals surface area contributed by atoms with Gasteiger partial charge in [-0.1, -0.05) is 24.3 Å². The second-order valence-corrected chi connectivity index (χ2v) is 10.1. The summed E-state index contributed by atoms with van der Waals surface area (Å²) in [4.78, 5) is 13.8. The van der Waals surface area contributed by atoms with Gasteiger partial charge < -0.3 is 15.7 Å². The van der Waals surface area contributed by atoms with Gasteiger partial charge in [0.1, 0.15) is 11.6 Å². The Kier molecular flexibility index (Phi) is 10.3. The normalized spacial score (nSPS) is 12.9. The third kappa shape index (κ3) is 8.65. The lowest BCUT2D eigenvalue weighted by molar-refractivity contribution is -0.122. The van der Waals surface area contributed by atoms with Gasteiger partial charge in [0.2, 0.25) is 5.91 Å². The van der Waals surface area contributed by atoms with Crippen molar-refractivity contribution in [1.82, 2.24) is 10.6 Å². The maximum absolute atomic E-state index is 13.7. The average molecular weight is 596 g/mol. The molecule has 3 N–H and O–H groups in total. The summed E-state index contributed by atoms with van der Waals surface area (Å²) in [5, 5.41) is 16.9. The summed E-state index contributed by atoms with van der Waals surface area (Å²) in [6.45, 7) is 0.752. The van der Waals surface area contributed by atoms with Crippen LogP contribution in [0.1, 0.15) is 16.7 Å². The molecule has 3 rings (SSSR count). The Morgan fingerprint density at radius 1 is 1.00 bits per heavy atom. The molecule has 3 aromatic carbocycles. The van der Waals surface area contributed by atoms with E-state index in [1.807, 2.05) is 54.8 Å². The number of halogens is 3. The third-order valence-corrected chi connectivity index (χ3v) is 6.70. The van der Waals surface area contributed by atoms with Crippen molar-refractivity contribution in [3.8, 4) is 0 Å². The number of carbonyl (C=O) groups is 1. The topological polar surface area (TPSA) is 61.4 Å². The molecule has 2 atom stereocenters. The predicted octanol–water partition coefficient (Wildman–Crippen LogP) is 4.71. The molecule has 8 heteroatoms. The summed E-state index contributed by atoms with van der Waals surface area (Å²) in [5.41, 5.74) is 2.28. The van der Waals surface area contributed by atoms with Crippen molar-refractivity contribution in [1.29, 1.82) is 0 Å². The van der Waals surface area contributed by atoms with Crippen LogP contribution in [-0.4, -0.2) is 36.0 Å². The van der Waals surface area contributed by atoms with E-state index in [2.05, 4.69) is 33.2 Å². The third-order valence-electron chi connectivity index (χ3n) is 5.28. The number of aliphatic hydroxyl groups excluding tert-OH is 1. The summed E-state index contributed by atoms with van der Waals surface area (Å²) in [5.74, 6) is -1.66. The lowest BCUT2D eigenvalue weighted by atomic mass is 10.00. The molecule has 34 heavy (non-hydrogen) atoms. The summed E-state index contributed by atoms with van der Waals surface area (Å²) < 4.78 is 28.5. The van der Waals surface area contributed by atoms with Crippen LogP contribution in [0.25, 0.3) is 0 Å². The second kappa shape index (κ2) is 13.2. The van der Waals surface area contributed by atoms with Gasteiger partial charge in [0, 0.05) is 27.6 Å². The van der Waals surface area contributed by atoms with Crippen LogP contribution in [0, 0.1) is 15.2 Å². The molecular weight excluding hydrogens is 569 g/mol. The first-order valence-corrected chi connectivity index (χ1v) is 13.1. The number of benzene rings is 3. The Labute approximate surface area is 216 Å². The summed E-state index contributed by atoms with van der Waals surface area (Å²) >= 11 is 3.86. The zero-order valence-corrected chi connectivity index (χ0v) is 21.7. The quantitative estimate of drug-likeness (QED) is 0.222. The molecule has 0 fully saturated rings. The van der Waals surface area contributed by atoms with Gasteiger partial charge in [0.25, 0.3) is 0 Å². The minimum Gasteiger partial charge on any atom is -0.390 e. The van der Waals surface area contributed by atoms with Crippen molar-refractivity contribution in [3.63, 3.8) is 0 Å². The minimum absolute atomic E-state index is 0.0952. The molecule has 0 aliphatic heterocycles. The van der Waals surface area contributed by atoms with Gasteiger partial charge in [0.15, 0.2) is 0 Å². The smallest absolute Gasteiger partial charge is 0.224 e. The number of hydrogen-bond acceptors (Lipinski definition) is 4. The molecule has 0 spiro atoms. The van der Waals surface area contributed by atoms with E-state index in [4.69, 9.17) is 0 Å². The maximum Gasteiger partial charge on any atom is 0.224 e. The van der Waals surface area contributed by atoms with Gasteiger partial charge in [-0.2, -0.15) is 0 Å². The number of nitrogens with one attached hydrogen (secondary N) is 2. The van der Waals surface area contributed by atoms with Gasteiger partial charge in [-0.05, 0) is 88.4 Å². The van der Waals surface area contributed by atoms with Crippen LogP contribution in [0.5, 0.6) is 0 Å². The van der Waals surface area contributed by atoms with Gasteiger partial charge in [-0.25, -0.2) is 8.78 Å². The van der Waals surface area contributed by atoms with Crippen LogP contribution in [0.4, 0.5) is 8.78 Å². The zero-order valence-electron chi connectivity index (χ0n) is 18.7. The second-order valence-electron chi connectivity index (χ2n) is 8.01. The number of carbonyl (C=O) groups excluding carboxylic acids is 1. The Balaban J connectivity index is 1.66. The highest BCUT2D eigenvalue weighted by Crippen LogP contribution is 2.16. The van der Waals surface area contributed by atoms with Crippen LogP contribution in [-0.2, 0) is 24.2 Å². The zero-order chi connectivity index (χ0) is 24.5. The number of rotatable bonds is 11. The van der Waals surface area contributed by atoms with E-state index in [1.54, 1.807) is 11.8 Å². The predicted molar refractivity (Wildman–Crippen MR) is 141 cm³/mol. The molecule has 180 valence electrons. The summed E-state index contributed by atoms with van der Waals surface area (Å²) in [6.07, 6.45) is 1.26. The molecular formula is C26H27F2IN2O2S. The van der Waals surface area contributed by atoms with Crippen molar-refractivity contribution in [2.45, 2.75) is 36.4 Å². The summed E-state index contributed by atoms with van der Waals surface area (Å²) in [7, 11) is 0. The van der Waals surface area contributed by atoms with Crippen LogP contribution >= 0.6 is 34.4 Å². The van der Waals surface area contributed by atoms with Gasteiger partial charge in [-0.15, -0.1) is 11.8 Å². The monoisotopic (exact) mass is 596 g/mol. The first kappa shape index (κ1) is 26.6. The summed E-state index contributed by atoms with van der Waals surface area (Å²) in [6, 6.07) is 18.2. The highest BCUT2D eigenvalue weighted by atomic mass is 127. The lowest BCUT2D eigenvalue weighted by Crippen LogP contribution is -2.49. The first-order chi connectivity index (χ1) is 16.3. The molecule has 3 aromatic rings. The fourth-order valence-corrected chi connectivity index (χ4v) is 4.62. The van der Waals surface area contributed by atoms with E-state index >= 15 is 0 Å². The standard InChI is InChI=1S/C26H27F2IN2O2S/c1-34-23-7-5-17(6-8-23)13-26(33)31-24(12-19-9-20(27)14-21(28)10-19)25(32)16-30-15-18-3-2-4-22(29)11-18/h2-11,14,24-25,30,32H,12-13,15-16H2,1H3,(H,31,33).